The molecule has 0 radical (unpaired) electrons. The van der Waals surface area contributed by atoms with E-state index in [1.54, 1.807) is 25.4 Å². The van der Waals surface area contributed by atoms with Crippen LogP contribution in [-0.4, -0.2) is 22.8 Å². The molecule has 3 heteroatoms. The highest BCUT2D eigenvalue weighted by atomic mass is 28.4. The summed E-state index contributed by atoms with van der Waals surface area (Å²) in [4.78, 5) is 0. The lowest BCUT2D eigenvalue weighted by molar-refractivity contribution is 0.248. The van der Waals surface area contributed by atoms with Crippen LogP contribution >= 0.6 is 0 Å². The molecule has 1 unspecified atom stereocenters. The van der Waals surface area contributed by atoms with Crippen LogP contribution in [0.5, 0.6) is 0 Å². The minimum Gasteiger partial charge on any atom is -0.398 e. The molecule has 104 valence electrons. The number of rotatable bonds is 6. The molecule has 0 aliphatic heterocycles. The second kappa shape index (κ2) is 6.18. The van der Waals surface area contributed by atoms with Gasteiger partial charge in [0.05, 0.1) is 0 Å². The van der Waals surface area contributed by atoms with Gasteiger partial charge in [-0.25, -0.2) is 0 Å². The van der Waals surface area contributed by atoms with E-state index in [2.05, 4.69) is 34.2 Å². The van der Waals surface area contributed by atoms with Crippen LogP contribution in [0.3, 0.4) is 0 Å². The Labute approximate surface area is 113 Å². The second-order valence-corrected chi connectivity index (χ2v) is 9.16. The van der Waals surface area contributed by atoms with E-state index in [0.29, 0.717) is 5.92 Å². The minimum atomic E-state index is -1.88. The number of hydrogen-bond donors (Lipinski definition) is 0. The minimum absolute atomic E-state index is 0.628. The molecule has 1 aliphatic carbocycles. The summed E-state index contributed by atoms with van der Waals surface area (Å²) in [5.41, 5.74) is 6.17. The summed E-state index contributed by atoms with van der Waals surface area (Å²) in [6.07, 6.45) is 2.35. The molecule has 0 aromatic carbocycles. The van der Waals surface area contributed by atoms with E-state index >= 15 is 0 Å². The van der Waals surface area contributed by atoms with Gasteiger partial charge in [0.15, 0.2) is 0 Å². The fraction of sp³-hybridized carbons (Fsp3) is 0.733. The molecule has 0 saturated heterocycles. The Balaban J connectivity index is 2.57. The van der Waals surface area contributed by atoms with Crippen molar-refractivity contribution in [2.24, 2.45) is 5.92 Å². The zero-order chi connectivity index (χ0) is 13.9. The highest BCUT2D eigenvalue weighted by molar-refractivity contribution is 6.65. The zero-order valence-corrected chi connectivity index (χ0v) is 14.0. The first-order valence-electron chi connectivity index (χ1n) is 6.84. The highest BCUT2D eigenvalue weighted by Gasteiger charge is 2.29. The molecule has 0 amide bonds. The Kier molecular flexibility index (Phi) is 5.38. The third kappa shape index (κ3) is 3.14. The van der Waals surface area contributed by atoms with Gasteiger partial charge in [0.1, 0.15) is 0 Å². The fourth-order valence-electron chi connectivity index (χ4n) is 2.74. The van der Waals surface area contributed by atoms with E-state index < -0.39 is 8.56 Å². The van der Waals surface area contributed by atoms with E-state index in [1.165, 1.54) is 24.0 Å². The molecule has 1 rings (SSSR count). The highest BCUT2D eigenvalue weighted by Crippen LogP contribution is 2.39. The van der Waals surface area contributed by atoms with Gasteiger partial charge in [0.2, 0.25) is 0 Å². The van der Waals surface area contributed by atoms with Crippen molar-refractivity contribution in [3.05, 3.63) is 22.3 Å². The van der Waals surface area contributed by atoms with Crippen molar-refractivity contribution in [3.8, 4) is 0 Å². The summed E-state index contributed by atoms with van der Waals surface area (Å²) in [5, 5.41) is 0. The predicted octanol–water partition coefficient (Wildman–Crippen LogP) is 4.43. The third-order valence-electron chi connectivity index (χ3n) is 4.75. The molecule has 0 aromatic rings. The van der Waals surface area contributed by atoms with Crippen LogP contribution in [0, 0.1) is 5.92 Å². The summed E-state index contributed by atoms with van der Waals surface area (Å²) >= 11 is 0. The molecule has 0 spiro atoms. The molecule has 0 fully saturated rings. The first-order chi connectivity index (χ1) is 8.36. The Morgan fingerprint density at radius 1 is 1.06 bits per heavy atom. The Bertz CT molecular complexity index is 365. The Morgan fingerprint density at radius 3 is 2.00 bits per heavy atom. The van der Waals surface area contributed by atoms with Gasteiger partial charge in [-0.2, -0.15) is 0 Å². The van der Waals surface area contributed by atoms with Gasteiger partial charge in [-0.15, -0.1) is 0 Å². The molecule has 0 N–H and O–H groups in total. The molecule has 2 nitrogen and oxygen atoms in total. The van der Waals surface area contributed by atoms with Crippen molar-refractivity contribution in [3.63, 3.8) is 0 Å². The van der Waals surface area contributed by atoms with Crippen molar-refractivity contribution in [1.29, 1.82) is 0 Å². The normalized spacial score (nSPS) is 21.2. The number of allylic oxidation sites excluding steroid dienone is 4. The molecular formula is C15H28O2Si. The smallest absolute Gasteiger partial charge is 0.334 e. The van der Waals surface area contributed by atoms with E-state index in [4.69, 9.17) is 8.85 Å². The summed E-state index contributed by atoms with van der Waals surface area (Å²) in [6, 6.07) is 1.07. The van der Waals surface area contributed by atoms with Crippen LogP contribution in [-0.2, 0) is 8.85 Å². The van der Waals surface area contributed by atoms with Crippen LogP contribution in [0.25, 0.3) is 0 Å². The lowest BCUT2D eigenvalue weighted by Crippen LogP contribution is -2.35. The van der Waals surface area contributed by atoms with Crippen LogP contribution in [0.2, 0.25) is 12.6 Å². The fourth-order valence-corrected chi connectivity index (χ4v) is 4.13. The largest absolute Gasteiger partial charge is 0.398 e. The second-order valence-electron chi connectivity index (χ2n) is 5.58. The van der Waals surface area contributed by atoms with Crippen LogP contribution < -0.4 is 0 Å². The standard InChI is InChI=1S/C15H28O2Si/c1-11-12(2)14(4)15(13(11)3)9-8-10-18(7,16-5)17-6/h13H,8-10H2,1-7H3. The van der Waals surface area contributed by atoms with Gasteiger partial charge in [-0.05, 0) is 63.3 Å². The number of hydrogen-bond acceptors (Lipinski definition) is 2. The lowest BCUT2D eigenvalue weighted by atomic mass is 9.95. The molecule has 0 saturated carbocycles. The summed E-state index contributed by atoms with van der Waals surface area (Å²) < 4.78 is 11.1. The quantitative estimate of drug-likeness (QED) is 0.663. The summed E-state index contributed by atoms with van der Waals surface area (Å²) in [6.45, 7) is 11.2. The maximum atomic E-state index is 5.54. The van der Waals surface area contributed by atoms with Crippen LogP contribution in [0.1, 0.15) is 40.5 Å². The Morgan fingerprint density at radius 2 is 1.61 bits per heavy atom. The topological polar surface area (TPSA) is 18.5 Å². The van der Waals surface area contributed by atoms with Gasteiger partial charge < -0.3 is 8.85 Å². The lowest BCUT2D eigenvalue weighted by Gasteiger charge is -2.23. The summed E-state index contributed by atoms with van der Waals surface area (Å²) in [5.74, 6) is 0.628. The first kappa shape index (κ1) is 15.7. The average molecular weight is 268 g/mol. The van der Waals surface area contributed by atoms with Gasteiger partial charge in [0.25, 0.3) is 0 Å². The maximum Gasteiger partial charge on any atom is 0.334 e. The summed E-state index contributed by atoms with van der Waals surface area (Å²) in [7, 11) is 1.66. The van der Waals surface area contributed by atoms with Gasteiger partial charge in [-0.3, -0.25) is 0 Å². The monoisotopic (exact) mass is 268 g/mol. The van der Waals surface area contributed by atoms with Gasteiger partial charge in [-0.1, -0.05) is 18.1 Å². The molecule has 18 heavy (non-hydrogen) atoms. The SMILES string of the molecule is CO[Si](C)(CCCC1=C(C)C(C)=C(C)C1C)OC. The van der Waals surface area contributed by atoms with Gasteiger partial charge in [0, 0.05) is 14.2 Å². The molecule has 1 atom stereocenters. The van der Waals surface area contributed by atoms with E-state index in [9.17, 15) is 0 Å². The van der Waals surface area contributed by atoms with Crippen LogP contribution in [0.4, 0.5) is 0 Å². The van der Waals surface area contributed by atoms with Gasteiger partial charge >= 0.3 is 8.56 Å². The molecule has 1 aliphatic rings. The first-order valence-corrected chi connectivity index (χ1v) is 9.36. The van der Waals surface area contributed by atoms with Crippen molar-refractivity contribution >= 4 is 8.56 Å². The van der Waals surface area contributed by atoms with Crippen molar-refractivity contribution in [1.82, 2.24) is 0 Å². The molecule has 0 bridgehead atoms. The molecule has 0 heterocycles. The van der Waals surface area contributed by atoms with Crippen LogP contribution in [0.15, 0.2) is 22.3 Å². The van der Waals surface area contributed by atoms with E-state index in [-0.39, 0.29) is 0 Å². The average Bonchev–Trinajstić information content (AvgIpc) is 2.56. The van der Waals surface area contributed by atoms with Crippen molar-refractivity contribution < 1.29 is 8.85 Å². The Hall–Kier alpha value is -0.383. The molecular weight excluding hydrogens is 240 g/mol. The maximum absolute atomic E-state index is 5.54. The molecule has 0 aromatic heterocycles. The predicted molar refractivity (Wildman–Crippen MR) is 79.9 cm³/mol. The van der Waals surface area contributed by atoms with Crippen molar-refractivity contribution in [2.45, 2.75) is 53.1 Å². The van der Waals surface area contributed by atoms with E-state index in [1.807, 2.05) is 0 Å². The van der Waals surface area contributed by atoms with E-state index in [0.717, 1.165) is 6.04 Å². The van der Waals surface area contributed by atoms with Crippen molar-refractivity contribution in [2.75, 3.05) is 14.2 Å². The zero-order valence-electron chi connectivity index (χ0n) is 13.0. The third-order valence-corrected chi connectivity index (χ3v) is 7.74.